The first kappa shape index (κ1) is 21.5. The predicted molar refractivity (Wildman–Crippen MR) is 87.7 cm³/mol. The van der Waals surface area contributed by atoms with Crippen molar-refractivity contribution >= 4 is 17.4 Å². The number of carbonyl (C=O) groups excluding carboxylic acids is 2. The molecule has 160 valence electrons. The van der Waals surface area contributed by atoms with E-state index in [1.165, 1.54) is 6.92 Å². The molecule has 9 nitrogen and oxygen atoms in total. The number of alkyl halides is 3. The molecule has 0 aliphatic carbocycles. The van der Waals surface area contributed by atoms with E-state index in [4.69, 9.17) is 18.9 Å². The molecule has 2 heterocycles. The zero-order chi connectivity index (χ0) is 21.3. The van der Waals surface area contributed by atoms with Gasteiger partial charge in [0.05, 0.1) is 17.3 Å². The van der Waals surface area contributed by atoms with Crippen molar-refractivity contribution in [3.8, 4) is 5.75 Å². The molecule has 1 saturated heterocycles. The molecule has 0 aromatic heterocycles. The van der Waals surface area contributed by atoms with E-state index in [0.717, 1.165) is 23.1 Å². The minimum Gasteiger partial charge on any atom is -0.406 e. The number of halogens is 3. The number of amides is 1. The van der Waals surface area contributed by atoms with Gasteiger partial charge in [-0.1, -0.05) is 0 Å². The fraction of sp³-hybridized carbons (Fsp3) is 0.529. The zero-order valence-corrected chi connectivity index (χ0v) is 15.3. The fourth-order valence-electron chi connectivity index (χ4n) is 2.77. The largest absolute Gasteiger partial charge is 0.573 e. The van der Waals surface area contributed by atoms with Gasteiger partial charge in [-0.05, 0) is 32.0 Å². The highest BCUT2D eigenvalue weighted by Gasteiger charge is 2.43. The van der Waals surface area contributed by atoms with Crippen LogP contribution in [0.15, 0.2) is 18.2 Å². The summed E-state index contributed by atoms with van der Waals surface area (Å²) in [5.74, 6) is -2.67. The molecular formula is C17H18F3NO8. The van der Waals surface area contributed by atoms with Crippen LogP contribution in [-0.2, 0) is 23.7 Å². The number of benzene rings is 1. The SMILES string of the molecule is CCOC1OC1OCOC(O)C(C)N1C(=O)C(=O)c2cc(OC(F)(F)F)ccc21. The van der Waals surface area contributed by atoms with Crippen LogP contribution in [0.25, 0.3) is 0 Å². The lowest BCUT2D eigenvalue weighted by Crippen LogP contribution is -2.46. The van der Waals surface area contributed by atoms with Crippen LogP contribution in [0.2, 0.25) is 0 Å². The van der Waals surface area contributed by atoms with Crippen molar-refractivity contribution < 1.29 is 51.6 Å². The molecular weight excluding hydrogens is 403 g/mol. The second-order valence-corrected chi connectivity index (χ2v) is 6.14. The van der Waals surface area contributed by atoms with Gasteiger partial charge in [-0.25, -0.2) is 0 Å². The summed E-state index contributed by atoms with van der Waals surface area (Å²) >= 11 is 0. The Labute approximate surface area is 162 Å². The smallest absolute Gasteiger partial charge is 0.406 e. The standard InChI is InChI=1S/C17H18F3NO8/c1-3-25-15-16(28-15)27-7-26-14(24)8(2)21-11-5-4-9(29-17(18,19)20)6-10(11)12(22)13(21)23/h4-6,8,14-16,24H,3,7H2,1-2H3. The van der Waals surface area contributed by atoms with Crippen molar-refractivity contribution in [2.24, 2.45) is 0 Å². The third kappa shape index (κ3) is 4.85. The second kappa shape index (κ2) is 8.24. The third-order valence-electron chi connectivity index (χ3n) is 4.15. The van der Waals surface area contributed by atoms with Gasteiger partial charge in [-0.2, -0.15) is 0 Å². The van der Waals surface area contributed by atoms with E-state index in [2.05, 4.69) is 4.74 Å². The summed E-state index contributed by atoms with van der Waals surface area (Å²) in [4.78, 5) is 25.4. The van der Waals surface area contributed by atoms with Crippen LogP contribution in [0, 0.1) is 0 Å². The Morgan fingerprint density at radius 2 is 1.93 bits per heavy atom. The molecule has 4 unspecified atom stereocenters. The van der Waals surface area contributed by atoms with Crippen LogP contribution in [0.1, 0.15) is 24.2 Å². The predicted octanol–water partition coefficient (Wildman–Crippen LogP) is 1.53. The number of hydrogen-bond acceptors (Lipinski definition) is 8. The van der Waals surface area contributed by atoms with Crippen LogP contribution < -0.4 is 9.64 Å². The van der Waals surface area contributed by atoms with Crippen molar-refractivity contribution in [2.45, 2.75) is 45.1 Å². The lowest BCUT2D eigenvalue weighted by Gasteiger charge is -2.28. The molecule has 1 aromatic carbocycles. The monoisotopic (exact) mass is 421 g/mol. The number of ketones is 1. The molecule has 2 aliphatic rings. The highest BCUT2D eigenvalue weighted by molar-refractivity contribution is 6.52. The van der Waals surface area contributed by atoms with Gasteiger partial charge in [0.25, 0.3) is 11.7 Å². The summed E-state index contributed by atoms with van der Waals surface area (Å²) in [6.07, 6.45) is -7.62. The molecule has 29 heavy (non-hydrogen) atoms. The average Bonchev–Trinajstić information content (AvgIpc) is 3.33. The summed E-state index contributed by atoms with van der Waals surface area (Å²) in [5.41, 5.74) is -0.231. The maximum Gasteiger partial charge on any atom is 0.573 e. The minimum absolute atomic E-state index is 0.0347. The number of ether oxygens (including phenoxy) is 5. The molecule has 0 saturated carbocycles. The van der Waals surface area contributed by atoms with Crippen molar-refractivity contribution in [3.63, 3.8) is 0 Å². The molecule has 1 amide bonds. The normalized spacial score (nSPS) is 23.2. The molecule has 0 spiro atoms. The Kier molecular flexibility index (Phi) is 6.10. The van der Waals surface area contributed by atoms with Crippen molar-refractivity contribution in [1.29, 1.82) is 0 Å². The number of aliphatic hydroxyl groups is 1. The van der Waals surface area contributed by atoms with Crippen LogP contribution in [-0.4, -0.2) is 61.5 Å². The first-order chi connectivity index (χ1) is 13.6. The molecule has 0 bridgehead atoms. The highest BCUT2D eigenvalue weighted by Crippen LogP contribution is 2.35. The molecule has 3 rings (SSSR count). The van der Waals surface area contributed by atoms with E-state index < -0.39 is 48.7 Å². The number of hydrogen-bond donors (Lipinski definition) is 1. The summed E-state index contributed by atoms with van der Waals surface area (Å²) in [5, 5.41) is 10.2. The van der Waals surface area contributed by atoms with Crippen LogP contribution >= 0.6 is 0 Å². The quantitative estimate of drug-likeness (QED) is 0.364. The summed E-state index contributed by atoms with van der Waals surface area (Å²) < 4.78 is 61.2. The molecule has 1 fully saturated rings. The van der Waals surface area contributed by atoms with Crippen molar-refractivity contribution in [2.75, 3.05) is 18.3 Å². The third-order valence-corrected chi connectivity index (χ3v) is 4.15. The Morgan fingerprint density at radius 3 is 2.59 bits per heavy atom. The molecule has 12 heteroatoms. The Morgan fingerprint density at radius 1 is 1.24 bits per heavy atom. The molecule has 0 radical (unpaired) electrons. The zero-order valence-electron chi connectivity index (χ0n) is 15.3. The van der Waals surface area contributed by atoms with Gasteiger partial charge in [-0.15, -0.1) is 13.2 Å². The Balaban J connectivity index is 1.63. The van der Waals surface area contributed by atoms with Gasteiger partial charge in [0.2, 0.25) is 12.6 Å². The number of aliphatic hydroxyl groups excluding tert-OH is 1. The highest BCUT2D eigenvalue weighted by atomic mass is 19.4. The van der Waals surface area contributed by atoms with Gasteiger partial charge in [0.15, 0.2) is 13.1 Å². The molecule has 1 N–H and O–H groups in total. The first-order valence-electron chi connectivity index (χ1n) is 8.58. The Bertz CT molecular complexity index is 786. The molecule has 2 aliphatic heterocycles. The molecule has 1 aromatic rings. The number of rotatable bonds is 9. The van der Waals surface area contributed by atoms with Gasteiger partial charge < -0.3 is 28.8 Å². The number of carbonyl (C=O) groups is 2. The number of nitrogens with zero attached hydrogens (tertiary/aromatic N) is 1. The summed E-state index contributed by atoms with van der Waals surface area (Å²) in [7, 11) is 0. The van der Waals surface area contributed by atoms with E-state index in [9.17, 15) is 27.9 Å². The topological polar surface area (TPSA) is 107 Å². The van der Waals surface area contributed by atoms with Gasteiger partial charge in [0.1, 0.15) is 5.75 Å². The average molecular weight is 421 g/mol. The van der Waals surface area contributed by atoms with Crippen molar-refractivity contribution in [3.05, 3.63) is 23.8 Å². The fourth-order valence-corrected chi connectivity index (χ4v) is 2.77. The number of Topliss-reactive ketones (excluding diaryl/α,β-unsaturated/α-hetero) is 1. The van der Waals surface area contributed by atoms with Gasteiger partial charge >= 0.3 is 6.36 Å². The van der Waals surface area contributed by atoms with E-state index in [0.29, 0.717) is 6.61 Å². The number of anilines is 1. The first-order valence-corrected chi connectivity index (χ1v) is 8.58. The van der Waals surface area contributed by atoms with E-state index in [1.54, 1.807) is 6.92 Å². The Hall–Kier alpha value is -2.25. The number of fused-ring (bicyclic) bond motifs is 1. The summed E-state index contributed by atoms with van der Waals surface area (Å²) in [6.45, 7) is 3.25. The van der Waals surface area contributed by atoms with Gasteiger partial charge in [0, 0.05) is 6.61 Å². The minimum atomic E-state index is -4.94. The molecule has 4 atom stereocenters. The number of epoxide rings is 1. The second-order valence-electron chi connectivity index (χ2n) is 6.14. The maximum atomic E-state index is 12.4. The van der Waals surface area contributed by atoms with E-state index in [-0.39, 0.29) is 18.0 Å². The lowest BCUT2D eigenvalue weighted by atomic mass is 10.1. The van der Waals surface area contributed by atoms with Gasteiger partial charge in [-0.3, -0.25) is 14.5 Å². The lowest BCUT2D eigenvalue weighted by molar-refractivity contribution is -0.274. The van der Waals surface area contributed by atoms with E-state index >= 15 is 0 Å². The maximum absolute atomic E-state index is 12.4. The van der Waals surface area contributed by atoms with E-state index in [1.807, 2.05) is 0 Å². The van der Waals surface area contributed by atoms with Crippen LogP contribution in [0.5, 0.6) is 5.75 Å². The van der Waals surface area contributed by atoms with Crippen LogP contribution in [0.4, 0.5) is 18.9 Å². The summed E-state index contributed by atoms with van der Waals surface area (Å²) in [6, 6.07) is 1.88. The van der Waals surface area contributed by atoms with Crippen LogP contribution in [0.3, 0.4) is 0 Å². The van der Waals surface area contributed by atoms with Crippen molar-refractivity contribution in [1.82, 2.24) is 0 Å².